The van der Waals surface area contributed by atoms with E-state index in [1.807, 2.05) is 0 Å². The van der Waals surface area contributed by atoms with Crippen molar-refractivity contribution < 1.29 is 24.5 Å². The highest BCUT2D eigenvalue weighted by Crippen LogP contribution is 2.38. The van der Waals surface area contributed by atoms with Crippen LogP contribution < -0.4 is 5.32 Å². The summed E-state index contributed by atoms with van der Waals surface area (Å²) in [5.74, 6) is -1.58. The minimum absolute atomic E-state index is 0.00296. The van der Waals surface area contributed by atoms with Gasteiger partial charge in [-0.25, -0.2) is 4.79 Å². The van der Waals surface area contributed by atoms with Crippen LogP contribution in [0.1, 0.15) is 36.0 Å². The van der Waals surface area contributed by atoms with Crippen LogP contribution in [0.25, 0.3) is 0 Å². The number of hydrogen-bond donors (Lipinski definition) is 3. The van der Waals surface area contributed by atoms with E-state index in [0.717, 1.165) is 19.3 Å². The van der Waals surface area contributed by atoms with E-state index in [-0.39, 0.29) is 29.3 Å². The van der Waals surface area contributed by atoms with Gasteiger partial charge in [0.1, 0.15) is 5.75 Å². The molecule has 0 radical (unpaired) electrons. The maximum absolute atomic E-state index is 12.0. The van der Waals surface area contributed by atoms with Crippen LogP contribution in [-0.2, 0) is 9.53 Å². The number of carbonyl (C=O) groups excluding carboxylic acids is 1. The van der Waals surface area contributed by atoms with Gasteiger partial charge in [0.2, 0.25) is 5.91 Å². The maximum atomic E-state index is 12.0. The fourth-order valence-corrected chi connectivity index (χ4v) is 2.28. The summed E-state index contributed by atoms with van der Waals surface area (Å²) in [6.45, 7) is 0. The van der Waals surface area contributed by atoms with Gasteiger partial charge < -0.3 is 20.3 Å². The van der Waals surface area contributed by atoms with E-state index in [2.05, 4.69) is 5.32 Å². The first-order chi connectivity index (χ1) is 9.46. The van der Waals surface area contributed by atoms with Crippen LogP contribution in [0.5, 0.6) is 5.75 Å². The summed E-state index contributed by atoms with van der Waals surface area (Å²) in [6.07, 6.45) is 2.89. The molecular weight excluding hydrogens is 262 g/mol. The van der Waals surface area contributed by atoms with E-state index < -0.39 is 11.6 Å². The summed E-state index contributed by atoms with van der Waals surface area (Å²) in [5.41, 5.74) is -0.312. The molecule has 6 heteroatoms. The van der Waals surface area contributed by atoms with Crippen LogP contribution in [0.4, 0.5) is 5.69 Å². The van der Waals surface area contributed by atoms with Crippen LogP contribution >= 0.6 is 0 Å². The van der Waals surface area contributed by atoms with Crippen molar-refractivity contribution in [2.45, 2.75) is 31.3 Å². The largest absolute Gasteiger partial charge is 0.506 e. The predicted molar refractivity (Wildman–Crippen MR) is 71.9 cm³/mol. The normalized spacial score (nSPS) is 16.2. The van der Waals surface area contributed by atoms with Crippen molar-refractivity contribution in [2.75, 3.05) is 12.4 Å². The lowest BCUT2D eigenvalue weighted by atomic mass is 9.77. The van der Waals surface area contributed by atoms with Crippen LogP contribution in [0, 0.1) is 0 Å². The molecule has 1 aliphatic rings. The van der Waals surface area contributed by atoms with Crippen molar-refractivity contribution in [3.8, 4) is 5.75 Å². The Kier molecular flexibility index (Phi) is 3.94. The summed E-state index contributed by atoms with van der Waals surface area (Å²) < 4.78 is 5.36. The first kappa shape index (κ1) is 14.3. The molecule has 20 heavy (non-hydrogen) atoms. The zero-order valence-corrected chi connectivity index (χ0v) is 11.2. The van der Waals surface area contributed by atoms with E-state index in [0.29, 0.717) is 0 Å². The molecule has 1 fully saturated rings. The number of nitrogens with one attached hydrogen (secondary N) is 1. The number of anilines is 1. The lowest BCUT2D eigenvalue weighted by molar-refractivity contribution is -0.129. The number of hydrogen-bond acceptors (Lipinski definition) is 4. The number of ether oxygens (including phenoxy) is 1. The smallest absolute Gasteiger partial charge is 0.335 e. The molecule has 108 valence electrons. The third-order valence-corrected chi connectivity index (χ3v) is 3.70. The Morgan fingerprint density at radius 2 is 2.10 bits per heavy atom. The van der Waals surface area contributed by atoms with Crippen LogP contribution in [0.2, 0.25) is 0 Å². The van der Waals surface area contributed by atoms with Crippen LogP contribution in [0.3, 0.4) is 0 Å². The van der Waals surface area contributed by atoms with Gasteiger partial charge in [-0.2, -0.15) is 0 Å². The highest BCUT2D eigenvalue weighted by Gasteiger charge is 2.39. The second-order valence-electron chi connectivity index (χ2n) is 5.00. The van der Waals surface area contributed by atoms with E-state index in [4.69, 9.17) is 9.84 Å². The molecule has 1 aromatic rings. The Hall–Kier alpha value is -2.08. The summed E-state index contributed by atoms with van der Waals surface area (Å²) in [5, 5.41) is 21.1. The summed E-state index contributed by atoms with van der Waals surface area (Å²) in [7, 11) is 1.58. The minimum atomic E-state index is -1.12. The molecule has 0 atom stereocenters. The Balaban J connectivity index is 2.07. The molecule has 0 unspecified atom stereocenters. The molecule has 1 aliphatic carbocycles. The first-order valence-corrected chi connectivity index (χ1v) is 6.37. The summed E-state index contributed by atoms with van der Waals surface area (Å²) >= 11 is 0. The molecule has 3 N–H and O–H groups in total. The molecule has 0 bridgehead atoms. The number of carbonyl (C=O) groups is 2. The number of carboxylic acid groups (broad SMARTS) is 1. The molecule has 0 saturated heterocycles. The maximum Gasteiger partial charge on any atom is 0.335 e. The van der Waals surface area contributed by atoms with Gasteiger partial charge in [0, 0.05) is 7.11 Å². The third-order valence-electron chi connectivity index (χ3n) is 3.70. The lowest BCUT2D eigenvalue weighted by Gasteiger charge is -2.39. The summed E-state index contributed by atoms with van der Waals surface area (Å²) in [4.78, 5) is 22.8. The van der Waals surface area contributed by atoms with Crippen molar-refractivity contribution in [3.05, 3.63) is 23.8 Å². The highest BCUT2D eigenvalue weighted by atomic mass is 16.5. The standard InChI is InChI=1S/C14H17NO5/c1-20-14(5-2-6-14)8-12(17)15-10-7-9(13(18)19)3-4-11(10)16/h3-4,7,16H,2,5-6,8H2,1H3,(H,15,17)(H,18,19). The van der Waals surface area contributed by atoms with Crippen molar-refractivity contribution in [2.24, 2.45) is 0 Å². The van der Waals surface area contributed by atoms with Gasteiger partial charge in [0.15, 0.2) is 0 Å². The Morgan fingerprint density at radius 3 is 2.60 bits per heavy atom. The molecule has 0 heterocycles. The van der Waals surface area contributed by atoms with Gasteiger partial charge in [0.05, 0.1) is 23.3 Å². The van der Waals surface area contributed by atoms with Gasteiger partial charge in [-0.15, -0.1) is 0 Å². The molecule has 1 saturated carbocycles. The number of methoxy groups -OCH3 is 1. The van der Waals surface area contributed by atoms with Gasteiger partial charge in [-0.3, -0.25) is 4.79 Å². The fraction of sp³-hybridized carbons (Fsp3) is 0.429. The number of aromatic carboxylic acids is 1. The zero-order valence-electron chi connectivity index (χ0n) is 11.2. The van der Waals surface area contributed by atoms with Crippen LogP contribution in [-0.4, -0.2) is 34.8 Å². The number of phenolic OH excluding ortho intramolecular Hbond substituents is 1. The second kappa shape index (κ2) is 5.50. The van der Waals surface area contributed by atoms with Crippen molar-refractivity contribution in [1.82, 2.24) is 0 Å². The zero-order chi connectivity index (χ0) is 14.8. The molecule has 1 amide bonds. The highest BCUT2D eigenvalue weighted by molar-refractivity contribution is 5.95. The second-order valence-corrected chi connectivity index (χ2v) is 5.00. The van der Waals surface area contributed by atoms with Gasteiger partial charge in [0.25, 0.3) is 0 Å². The molecule has 0 spiro atoms. The van der Waals surface area contributed by atoms with Gasteiger partial charge >= 0.3 is 5.97 Å². The quantitative estimate of drug-likeness (QED) is 0.716. The first-order valence-electron chi connectivity index (χ1n) is 6.37. The number of benzene rings is 1. The van der Waals surface area contributed by atoms with E-state index in [1.165, 1.54) is 18.2 Å². The Bertz CT molecular complexity index is 531. The molecule has 6 nitrogen and oxygen atoms in total. The molecule has 0 aliphatic heterocycles. The van der Waals surface area contributed by atoms with Gasteiger partial charge in [-0.1, -0.05) is 0 Å². The SMILES string of the molecule is COC1(CC(=O)Nc2cc(C(=O)O)ccc2O)CCC1. The fourth-order valence-electron chi connectivity index (χ4n) is 2.28. The Morgan fingerprint density at radius 1 is 1.40 bits per heavy atom. The third kappa shape index (κ3) is 2.91. The van der Waals surface area contributed by atoms with E-state index in [1.54, 1.807) is 7.11 Å². The minimum Gasteiger partial charge on any atom is -0.506 e. The number of carboxylic acids is 1. The number of rotatable bonds is 5. The van der Waals surface area contributed by atoms with E-state index in [9.17, 15) is 14.7 Å². The Labute approximate surface area is 116 Å². The van der Waals surface area contributed by atoms with Crippen molar-refractivity contribution in [1.29, 1.82) is 0 Å². The van der Waals surface area contributed by atoms with Crippen molar-refractivity contribution in [3.63, 3.8) is 0 Å². The average Bonchev–Trinajstić information content (AvgIpc) is 2.36. The van der Waals surface area contributed by atoms with E-state index >= 15 is 0 Å². The summed E-state index contributed by atoms with van der Waals surface area (Å²) in [6, 6.07) is 3.75. The number of aromatic hydroxyl groups is 1. The number of amides is 1. The van der Waals surface area contributed by atoms with Gasteiger partial charge in [-0.05, 0) is 37.5 Å². The topological polar surface area (TPSA) is 95.9 Å². The average molecular weight is 279 g/mol. The predicted octanol–water partition coefficient (Wildman–Crippen LogP) is 1.99. The number of phenols is 1. The molecule has 1 aromatic carbocycles. The monoisotopic (exact) mass is 279 g/mol. The molecular formula is C14H17NO5. The van der Waals surface area contributed by atoms with Crippen LogP contribution in [0.15, 0.2) is 18.2 Å². The molecule has 2 rings (SSSR count). The lowest BCUT2D eigenvalue weighted by Crippen LogP contribution is -2.42. The van der Waals surface area contributed by atoms with Crippen molar-refractivity contribution >= 4 is 17.6 Å². The molecule has 0 aromatic heterocycles.